The van der Waals surface area contributed by atoms with Crippen LogP contribution >= 0.6 is 11.6 Å². The first-order valence-electron chi connectivity index (χ1n) is 7.40. The summed E-state index contributed by atoms with van der Waals surface area (Å²) in [6.45, 7) is 1.99. The van der Waals surface area contributed by atoms with Gasteiger partial charge >= 0.3 is 0 Å². The standard InChI is InChI=1S/C19H20ClNO3/c1-13-6-5-7-15(10-13)21(2)18(22)9-8-14-11-16(20)19(24-4)17(12-14)23-3/h5-12H,1-4H3. The fourth-order valence-electron chi connectivity index (χ4n) is 2.28. The molecule has 0 heterocycles. The maximum Gasteiger partial charge on any atom is 0.250 e. The van der Waals surface area contributed by atoms with Gasteiger partial charge in [0.25, 0.3) is 5.91 Å². The SMILES string of the molecule is COc1cc(C=CC(=O)N(C)c2cccc(C)c2)cc(Cl)c1OC. The highest BCUT2D eigenvalue weighted by Gasteiger charge is 2.11. The van der Waals surface area contributed by atoms with Crippen molar-refractivity contribution >= 4 is 29.3 Å². The van der Waals surface area contributed by atoms with E-state index >= 15 is 0 Å². The predicted octanol–water partition coefficient (Wildman–Crippen LogP) is 4.34. The first-order chi connectivity index (χ1) is 11.5. The lowest BCUT2D eigenvalue weighted by molar-refractivity contribution is -0.113. The van der Waals surface area contributed by atoms with Gasteiger partial charge in [-0.1, -0.05) is 23.7 Å². The van der Waals surface area contributed by atoms with Crippen LogP contribution < -0.4 is 14.4 Å². The Bertz CT molecular complexity index is 771. The van der Waals surface area contributed by atoms with E-state index in [9.17, 15) is 4.79 Å². The molecule has 2 aromatic rings. The van der Waals surface area contributed by atoms with E-state index < -0.39 is 0 Å². The normalized spacial score (nSPS) is 10.7. The van der Waals surface area contributed by atoms with E-state index in [0.29, 0.717) is 16.5 Å². The Hall–Kier alpha value is -2.46. The lowest BCUT2D eigenvalue weighted by atomic mass is 10.1. The van der Waals surface area contributed by atoms with Gasteiger partial charge in [0.15, 0.2) is 11.5 Å². The number of anilines is 1. The van der Waals surface area contributed by atoms with Crippen LogP contribution in [0.2, 0.25) is 5.02 Å². The van der Waals surface area contributed by atoms with Gasteiger partial charge in [-0.3, -0.25) is 4.79 Å². The molecule has 1 amide bonds. The maximum absolute atomic E-state index is 12.3. The minimum Gasteiger partial charge on any atom is -0.493 e. The molecule has 0 aliphatic heterocycles. The van der Waals surface area contributed by atoms with Crippen LogP contribution in [0.3, 0.4) is 0 Å². The summed E-state index contributed by atoms with van der Waals surface area (Å²) in [6, 6.07) is 11.3. The summed E-state index contributed by atoms with van der Waals surface area (Å²) in [7, 11) is 4.81. The highest BCUT2D eigenvalue weighted by Crippen LogP contribution is 2.36. The van der Waals surface area contributed by atoms with E-state index in [1.54, 1.807) is 37.3 Å². The quantitative estimate of drug-likeness (QED) is 0.756. The lowest BCUT2D eigenvalue weighted by Gasteiger charge is -2.15. The summed E-state index contributed by atoms with van der Waals surface area (Å²) in [5.41, 5.74) is 2.70. The van der Waals surface area contributed by atoms with Gasteiger partial charge in [-0.15, -0.1) is 0 Å². The van der Waals surface area contributed by atoms with Gasteiger partial charge in [-0.05, 0) is 48.4 Å². The average molecular weight is 346 g/mol. The third-order valence-electron chi connectivity index (χ3n) is 3.59. The molecule has 5 heteroatoms. The molecule has 0 fully saturated rings. The molecule has 0 saturated heterocycles. The van der Waals surface area contributed by atoms with Crippen LogP contribution in [0.1, 0.15) is 11.1 Å². The minimum atomic E-state index is -0.133. The van der Waals surface area contributed by atoms with Gasteiger partial charge < -0.3 is 14.4 Å². The molecule has 126 valence electrons. The van der Waals surface area contributed by atoms with Crippen LogP contribution in [0.15, 0.2) is 42.5 Å². The number of amides is 1. The Morgan fingerprint density at radius 2 is 1.92 bits per heavy atom. The van der Waals surface area contributed by atoms with Crippen molar-refractivity contribution in [2.45, 2.75) is 6.92 Å². The largest absolute Gasteiger partial charge is 0.493 e. The Kier molecular flexibility index (Phi) is 5.88. The van der Waals surface area contributed by atoms with Crippen molar-refractivity contribution in [3.8, 4) is 11.5 Å². The number of benzene rings is 2. The van der Waals surface area contributed by atoms with Crippen LogP contribution in [-0.4, -0.2) is 27.2 Å². The molecular weight excluding hydrogens is 326 g/mol. The smallest absolute Gasteiger partial charge is 0.250 e. The molecule has 0 spiro atoms. The fourth-order valence-corrected chi connectivity index (χ4v) is 2.57. The number of hydrogen-bond donors (Lipinski definition) is 0. The summed E-state index contributed by atoms with van der Waals surface area (Å²) in [6.07, 6.45) is 3.20. The van der Waals surface area contributed by atoms with Gasteiger partial charge in [-0.2, -0.15) is 0 Å². The molecule has 0 N–H and O–H groups in total. The van der Waals surface area contributed by atoms with E-state index in [4.69, 9.17) is 21.1 Å². The molecule has 0 aliphatic carbocycles. The number of aryl methyl sites for hydroxylation is 1. The number of methoxy groups -OCH3 is 2. The van der Waals surface area contributed by atoms with Gasteiger partial charge in [0.2, 0.25) is 0 Å². The van der Waals surface area contributed by atoms with Crippen LogP contribution in [0.5, 0.6) is 11.5 Å². The fraction of sp³-hybridized carbons (Fsp3) is 0.211. The zero-order chi connectivity index (χ0) is 17.7. The van der Waals surface area contributed by atoms with Crippen LogP contribution in [0.25, 0.3) is 6.08 Å². The van der Waals surface area contributed by atoms with E-state index in [1.165, 1.54) is 13.2 Å². The Labute approximate surface area is 147 Å². The average Bonchev–Trinajstić information content (AvgIpc) is 2.58. The van der Waals surface area contributed by atoms with Crippen molar-refractivity contribution in [3.05, 3.63) is 58.6 Å². The second-order valence-corrected chi connectivity index (χ2v) is 5.72. The second-order valence-electron chi connectivity index (χ2n) is 5.31. The van der Waals surface area contributed by atoms with Crippen molar-refractivity contribution in [2.75, 3.05) is 26.2 Å². The number of halogens is 1. The van der Waals surface area contributed by atoms with E-state index in [-0.39, 0.29) is 5.91 Å². The number of carbonyl (C=O) groups excluding carboxylic acids is 1. The molecule has 0 aliphatic rings. The highest BCUT2D eigenvalue weighted by molar-refractivity contribution is 6.32. The van der Waals surface area contributed by atoms with Crippen molar-refractivity contribution in [3.63, 3.8) is 0 Å². The van der Waals surface area contributed by atoms with E-state index in [1.807, 2.05) is 31.2 Å². The van der Waals surface area contributed by atoms with Crippen molar-refractivity contribution in [2.24, 2.45) is 0 Å². The monoisotopic (exact) mass is 345 g/mol. The lowest BCUT2D eigenvalue weighted by Crippen LogP contribution is -2.23. The summed E-state index contributed by atoms with van der Waals surface area (Å²) >= 11 is 6.17. The molecule has 0 atom stereocenters. The van der Waals surface area contributed by atoms with E-state index in [0.717, 1.165) is 16.8 Å². The summed E-state index contributed by atoms with van der Waals surface area (Å²) in [4.78, 5) is 13.9. The molecule has 2 rings (SSSR count). The molecule has 0 saturated carbocycles. The first kappa shape index (κ1) is 17.9. The predicted molar refractivity (Wildman–Crippen MR) is 98.2 cm³/mol. The minimum absolute atomic E-state index is 0.133. The zero-order valence-electron chi connectivity index (χ0n) is 14.2. The molecule has 0 aromatic heterocycles. The summed E-state index contributed by atoms with van der Waals surface area (Å²) < 4.78 is 10.5. The van der Waals surface area contributed by atoms with Gasteiger partial charge in [0, 0.05) is 18.8 Å². The van der Waals surface area contributed by atoms with Crippen LogP contribution in [0, 0.1) is 6.92 Å². The third-order valence-corrected chi connectivity index (χ3v) is 3.87. The maximum atomic E-state index is 12.3. The van der Waals surface area contributed by atoms with Crippen molar-refractivity contribution in [1.82, 2.24) is 0 Å². The van der Waals surface area contributed by atoms with Crippen LogP contribution in [0.4, 0.5) is 5.69 Å². The Balaban J connectivity index is 2.21. The van der Waals surface area contributed by atoms with Crippen molar-refractivity contribution in [1.29, 1.82) is 0 Å². The number of likely N-dealkylation sites (N-methyl/N-ethyl adjacent to an activating group) is 1. The Morgan fingerprint density at radius 3 is 2.54 bits per heavy atom. The van der Waals surface area contributed by atoms with Gasteiger partial charge in [-0.25, -0.2) is 0 Å². The number of nitrogens with zero attached hydrogens (tertiary/aromatic N) is 1. The Morgan fingerprint density at radius 1 is 1.17 bits per heavy atom. The number of ether oxygens (including phenoxy) is 2. The highest BCUT2D eigenvalue weighted by atomic mass is 35.5. The number of rotatable bonds is 5. The zero-order valence-corrected chi connectivity index (χ0v) is 14.9. The molecule has 0 radical (unpaired) electrons. The molecule has 24 heavy (non-hydrogen) atoms. The molecular formula is C19H20ClNO3. The second kappa shape index (κ2) is 7.88. The molecule has 2 aromatic carbocycles. The third kappa shape index (κ3) is 4.09. The molecule has 0 unspecified atom stereocenters. The molecule has 0 bridgehead atoms. The summed E-state index contributed by atoms with van der Waals surface area (Å²) in [5.74, 6) is 0.857. The summed E-state index contributed by atoms with van der Waals surface area (Å²) in [5, 5.41) is 0.427. The topological polar surface area (TPSA) is 38.8 Å². The van der Waals surface area contributed by atoms with Gasteiger partial charge in [0.05, 0.1) is 19.2 Å². The number of hydrogen-bond acceptors (Lipinski definition) is 3. The first-order valence-corrected chi connectivity index (χ1v) is 7.78. The van der Waals surface area contributed by atoms with Crippen LogP contribution in [-0.2, 0) is 4.79 Å². The van der Waals surface area contributed by atoms with Gasteiger partial charge in [0.1, 0.15) is 0 Å². The molecule has 4 nitrogen and oxygen atoms in total. The van der Waals surface area contributed by atoms with Crippen molar-refractivity contribution < 1.29 is 14.3 Å². The number of carbonyl (C=O) groups is 1. The van der Waals surface area contributed by atoms with E-state index in [2.05, 4.69) is 0 Å².